The summed E-state index contributed by atoms with van der Waals surface area (Å²) in [7, 11) is 3.16. The molecule has 0 saturated carbocycles. The summed E-state index contributed by atoms with van der Waals surface area (Å²) in [6, 6.07) is 13.0. The van der Waals surface area contributed by atoms with Crippen LogP contribution in [0.15, 0.2) is 69.8 Å². The van der Waals surface area contributed by atoms with E-state index in [1.807, 2.05) is 36.4 Å². The molecular weight excluding hydrogens is 398 g/mol. The molecule has 0 N–H and O–H groups in total. The molecule has 1 aliphatic heterocycles. The molecule has 0 aromatic heterocycles. The van der Waals surface area contributed by atoms with E-state index >= 15 is 0 Å². The molecule has 26 heavy (non-hydrogen) atoms. The fraction of sp³-hybridized carbons (Fsp3) is 0.100. The van der Waals surface area contributed by atoms with Crippen LogP contribution in [0.25, 0.3) is 6.08 Å². The lowest BCUT2D eigenvalue weighted by molar-refractivity contribution is -0.130. The van der Waals surface area contributed by atoms with Crippen molar-refractivity contribution in [1.29, 1.82) is 0 Å². The van der Waals surface area contributed by atoms with Gasteiger partial charge in [-0.05, 0) is 30.3 Å². The van der Waals surface area contributed by atoms with E-state index in [2.05, 4.69) is 20.9 Å². The number of hydrogen-bond acceptors (Lipinski definition) is 5. The Bertz CT molecular complexity index is 931. The van der Waals surface area contributed by atoms with Gasteiger partial charge in [-0.1, -0.05) is 46.3 Å². The number of esters is 1. The molecule has 0 atom stereocenters. The van der Waals surface area contributed by atoms with Gasteiger partial charge in [-0.2, -0.15) is 0 Å². The molecule has 5 nitrogen and oxygen atoms in total. The lowest BCUT2D eigenvalue weighted by Crippen LogP contribution is -2.07. The number of nitrogens with zero attached hydrogens (tertiary/aromatic N) is 1. The summed E-state index contributed by atoms with van der Waals surface area (Å²) < 4.78 is 16.7. The zero-order valence-corrected chi connectivity index (χ0v) is 15.8. The van der Waals surface area contributed by atoms with Gasteiger partial charge in [-0.15, -0.1) is 0 Å². The number of aliphatic imine (C=N–C) groups is 1. The Morgan fingerprint density at radius 2 is 1.85 bits per heavy atom. The van der Waals surface area contributed by atoms with E-state index < -0.39 is 5.97 Å². The zero-order chi connectivity index (χ0) is 18.5. The molecule has 6 heteroatoms. The van der Waals surface area contributed by atoms with Crippen LogP contribution in [0.4, 0.5) is 0 Å². The topological polar surface area (TPSA) is 57.1 Å². The Kier molecular flexibility index (Phi) is 5.53. The maximum atomic E-state index is 12.1. The number of para-hydroxylation sites is 1. The summed E-state index contributed by atoms with van der Waals surface area (Å²) in [6.07, 6.45) is 5.18. The summed E-state index contributed by atoms with van der Waals surface area (Å²) >= 11 is 3.40. The third kappa shape index (κ3) is 3.86. The third-order valence-corrected chi connectivity index (χ3v) is 4.17. The smallest absolute Gasteiger partial charge is 0.363 e. The highest BCUT2D eigenvalue weighted by molar-refractivity contribution is 9.10. The van der Waals surface area contributed by atoms with Gasteiger partial charge >= 0.3 is 5.97 Å². The van der Waals surface area contributed by atoms with Crippen LogP contribution in [0.3, 0.4) is 0 Å². The molecule has 2 aromatic rings. The van der Waals surface area contributed by atoms with Crippen molar-refractivity contribution in [2.24, 2.45) is 4.99 Å². The molecular formula is C20H16BrNO4. The number of halogens is 1. The predicted molar refractivity (Wildman–Crippen MR) is 103 cm³/mol. The number of methoxy groups -OCH3 is 2. The van der Waals surface area contributed by atoms with Crippen molar-refractivity contribution in [3.05, 3.63) is 75.9 Å². The monoisotopic (exact) mass is 413 g/mol. The molecule has 0 bridgehead atoms. The second-order valence-corrected chi connectivity index (χ2v) is 6.22. The minimum absolute atomic E-state index is 0.213. The molecule has 0 spiro atoms. The first-order valence-corrected chi connectivity index (χ1v) is 8.58. The largest absolute Gasteiger partial charge is 0.496 e. The number of carbonyl (C=O) groups excluding carboxylic acids is 1. The third-order valence-electron chi connectivity index (χ3n) is 3.68. The maximum absolute atomic E-state index is 12.1. The Hall–Kier alpha value is -2.86. The van der Waals surface area contributed by atoms with Crippen molar-refractivity contribution in [3.63, 3.8) is 0 Å². The Morgan fingerprint density at radius 1 is 1.08 bits per heavy atom. The average molecular weight is 414 g/mol. The molecule has 0 radical (unpaired) electrons. The van der Waals surface area contributed by atoms with Gasteiger partial charge in [0.05, 0.1) is 19.8 Å². The first-order valence-electron chi connectivity index (χ1n) is 7.78. The standard InChI is InChI=1S/C20H16BrNO4/c1-24-17-9-4-3-6-13(17)7-5-8-16-20(23)26-19(22-16)15-12-14(21)10-11-18(15)25-2/h3-12H,1-2H3/b7-5+,16-8+. The molecule has 0 unspecified atom stereocenters. The van der Waals surface area contributed by atoms with Crippen LogP contribution in [0.1, 0.15) is 11.1 Å². The zero-order valence-electron chi connectivity index (χ0n) is 14.2. The van der Waals surface area contributed by atoms with Crippen LogP contribution in [0, 0.1) is 0 Å². The Morgan fingerprint density at radius 3 is 2.62 bits per heavy atom. The molecule has 0 saturated heterocycles. The van der Waals surface area contributed by atoms with Crippen molar-refractivity contribution in [2.45, 2.75) is 0 Å². The van der Waals surface area contributed by atoms with E-state index in [1.54, 1.807) is 38.5 Å². The highest BCUT2D eigenvalue weighted by Gasteiger charge is 2.26. The summed E-state index contributed by atoms with van der Waals surface area (Å²) in [4.78, 5) is 16.4. The van der Waals surface area contributed by atoms with Gasteiger partial charge in [-0.3, -0.25) is 0 Å². The second kappa shape index (κ2) is 8.01. The first kappa shape index (κ1) is 17.9. The van der Waals surface area contributed by atoms with Crippen molar-refractivity contribution < 1.29 is 19.0 Å². The number of allylic oxidation sites excluding steroid dienone is 2. The fourth-order valence-electron chi connectivity index (χ4n) is 2.43. The van der Waals surface area contributed by atoms with Crippen LogP contribution >= 0.6 is 15.9 Å². The minimum atomic E-state index is -0.508. The van der Waals surface area contributed by atoms with E-state index in [9.17, 15) is 4.79 Å². The van der Waals surface area contributed by atoms with Gasteiger partial charge in [0.2, 0.25) is 5.90 Å². The van der Waals surface area contributed by atoms with E-state index in [0.29, 0.717) is 11.3 Å². The lowest BCUT2D eigenvalue weighted by Gasteiger charge is -2.07. The van der Waals surface area contributed by atoms with Gasteiger partial charge in [0.25, 0.3) is 0 Å². The molecule has 1 aliphatic rings. The van der Waals surface area contributed by atoms with Crippen molar-refractivity contribution >= 4 is 33.9 Å². The van der Waals surface area contributed by atoms with Crippen LogP contribution in [0.2, 0.25) is 0 Å². The summed E-state index contributed by atoms with van der Waals surface area (Å²) in [6.45, 7) is 0. The summed E-state index contributed by atoms with van der Waals surface area (Å²) in [5, 5.41) is 0. The normalized spacial score (nSPS) is 15.3. The van der Waals surface area contributed by atoms with Gasteiger partial charge in [0.1, 0.15) is 11.5 Å². The van der Waals surface area contributed by atoms with Crippen molar-refractivity contribution in [1.82, 2.24) is 0 Å². The van der Waals surface area contributed by atoms with Crippen molar-refractivity contribution in [3.8, 4) is 11.5 Å². The summed E-state index contributed by atoms with van der Waals surface area (Å²) in [5.41, 5.74) is 1.72. The van der Waals surface area contributed by atoms with E-state index in [4.69, 9.17) is 14.2 Å². The van der Waals surface area contributed by atoms with Crippen LogP contribution in [0.5, 0.6) is 11.5 Å². The maximum Gasteiger partial charge on any atom is 0.363 e. The molecule has 0 fully saturated rings. The molecule has 1 heterocycles. The van der Waals surface area contributed by atoms with Gasteiger partial charge < -0.3 is 14.2 Å². The number of ether oxygens (including phenoxy) is 3. The number of cyclic esters (lactones) is 1. The Balaban J connectivity index is 1.87. The fourth-order valence-corrected chi connectivity index (χ4v) is 2.79. The molecule has 3 rings (SSSR count). The van der Waals surface area contributed by atoms with Gasteiger partial charge in [0, 0.05) is 10.0 Å². The summed E-state index contributed by atoms with van der Waals surface area (Å²) in [5.74, 6) is 1.03. The number of rotatable bonds is 5. The molecule has 0 aliphatic carbocycles. The van der Waals surface area contributed by atoms with Gasteiger partial charge in [-0.25, -0.2) is 9.79 Å². The number of benzene rings is 2. The Labute approximate surface area is 159 Å². The van der Waals surface area contributed by atoms with Crippen LogP contribution in [-0.4, -0.2) is 26.1 Å². The number of carbonyl (C=O) groups is 1. The first-order chi connectivity index (χ1) is 12.6. The minimum Gasteiger partial charge on any atom is -0.496 e. The second-order valence-electron chi connectivity index (χ2n) is 5.30. The van der Waals surface area contributed by atoms with Crippen LogP contribution in [-0.2, 0) is 9.53 Å². The van der Waals surface area contributed by atoms with Crippen LogP contribution < -0.4 is 9.47 Å². The van der Waals surface area contributed by atoms with Gasteiger partial charge in [0.15, 0.2) is 5.70 Å². The highest BCUT2D eigenvalue weighted by Crippen LogP contribution is 2.27. The lowest BCUT2D eigenvalue weighted by atomic mass is 10.2. The highest BCUT2D eigenvalue weighted by atomic mass is 79.9. The SMILES string of the molecule is COc1ccccc1/C=C/C=C1/N=C(c2cc(Br)ccc2OC)OC1=O. The molecule has 2 aromatic carbocycles. The van der Waals surface area contributed by atoms with E-state index in [1.165, 1.54) is 0 Å². The number of hydrogen-bond donors (Lipinski definition) is 0. The van der Waals surface area contributed by atoms with E-state index in [0.717, 1.165) is 15.8 Å². The average Bonchev–Trinajstić information content (AvgIpc) is 3.03. The van der Waals surface area contributed by atoms with E-state index in [-0.39, 0.29) is 11.6 Å². The predicted octanol–water partition coefficient (Wildman–Crippen LogP) is 4.37. The molecule has 132 valence electrons. The van der Waals surface area contributed by atoms with Crippen molar-refractivity contribution in [2.75, 3.05) is 14.2 Å². The molecule has 0 amide bonds. The quantitative estimate of drug-likeness (QED) is 0.539.